The number of amides is 2. The Kier molecular flexibility index (Phi) is 5.34. The number of hydrazone groups is 1. The second-order valence-electron chi connectivity index (χ2n) is 6.26. The van der Waals surface area contributed by atoms with Crippen molar-refractivity contribution in [3.8, 4) is 0 Å². The number of fused-ring (bicyclic) bond motifs is 1. The number of nitrogens with one attached hydrogen (secondary N) is 3. The van der Waals surface area contributed by atoms with Crippen LogP contribution in [0.5, 0.6) is 0 Å². The molecule has 1 aromatic carbocycles. The van der Waals surface area contributed by atoms with Crippen LogP contribution in [0, 0.1) is 0 Å². The van der Waals surface area contributed by atoms with Crippen molar-refractivity contribution in [3.63, 3.8) is 0 Å². The monoisotopic (exact) mass is 439 g/mol. The van der Waals surface area contributed by atoms with Crippen LogP contribution in [-0.4, -0.2) is 38.6 Å². The number of benzene rings is 1. The molecular weight excluding hydrogens is 422 g/mol. The number of nitrogens with zero attached hydrogens (tertiary/aromatic N) is 4. The summed E-state index contributed by atoms with van der Waals surface area (Å²) in [4.78, 5) is 25.9. The van der Waals surface area contributed by atoms with E-state index in [1.165, 1.54) is 0 Å². The van der Waals surface area contributed by atoms with Gasteiger partial charge in [0.15, 0.2) is 0 Å². The van der Waals surface area contributed by atoms with Crippen molar-refractivity contribution in [2.45, 2.75) is 13.0 Å². The van der Waals surface area contributed by atoms with Crippen LogP contribution in [0.25, 0.3) is 0 Å². The molecule has 0 spiro atoms. The fraction of sp³-hybridized carbons (Fsp3) is 0.158. The second kappa shape index (κ2) is 8.22. The molecule has 28 heavy (non-hydrogen) atoms. The van der Waals surface area contributed by atoms with Crippen molar-refractivity contribution in [1.82, 2.24) is 25.3 Å². The SMILES string of the molecule is O=C(N/N=C/c1ccc[nH]1)N1CCc2ncnc(Nc3cccc(Br)c3)c2C1. The van der Waals surface area contributed by atoms with Gasteiger partial charge in [0.25, 0.3) is 0 Å². The van der Waals surface area contributed by atoms with E-state index in [4.69, 9.17) is 0 Å². The van der Waals surface area contributed by atoms with Gasteiger partial charge in [-0.25, -0.2) is 20.2 Å². The highest BCUT2D eigenvalue weighted by molar-refractivity contribution is 9.10. The first-order valence-corrected chi connectivity index (χ1v) is 9.55. The van der Waals surface area contributed by atoms with Gasteiger partial charge in [-0.15, -0.1) is 0 Å². The molecule has 0 radical (unpaired) electrons. The number of carbonyl (C=O) groups is 1. The van der Waals surface area contributed by atoms with Crippen LogP contribution in [0.2, 0.25) is 0 Å². The average molecular weight is 440 g/mol. The van der Waals surface area contributed by atoms with Crippen LogP contribution in [0.15, 0.2) is 58.5 Å². The molecule has 4 rings (SSSR count). The van der Waals surface area contributed by atoms with Gasteiger partial charge in [0.05, 0.1) is 24.1 Å². The Hall–Kier alpha value is -3.20. The summed E-state index contributed by atoms with van der Waals surface area (Å²) in [5.41, 5.74) is 6.16. The lowest BCUT2D eigenvalue weighted by Crippen LogP contribution is -2.41. The van der Waals surface area contributed by atoms with Gasteiger partial charge < -0.3 is 15.2 Å². The van der Waals surface area contributed by atoms with Gasteiger partial charge in [-0.2, -0.15) is 5.10 Å². The maximum absolute atomic E-state index is 12.5. The average Bonchev–Trinajstić information content (AvgIpc) is 3.21. The summed E-state index contributed by atoms with van der Waals surface area (Å²) >= 11 is 3.47. The Labute approximate surface area is 170 Å². The standard InChI is InChI=1S/C19H18BrN7O/c20-13-3-1-4-14(9-13)25-18-16-11-27(8-6-17(16)22-12-23-18)19(28)26-24-10-15-5-2-7-21-15/h1-5,7,9-10,12,21H,6,8,11H2,(H,26,28)(H,22,23,25)/b24-10+. The molecule has 8 nitrogen and oxygen atoms in total. The maximum Gasteiger partial charge on any atom is 0.338 e. The Morgan fingerprint density at radius 1 is 1.29 bits per heavy atom. The molecule has 0 aliphatic carbocycles. The first-order chi connectivity index (χ1) is 13.7. The molecule has 3 aromatic rings. The van der Waals surface area contributed by atoms with Crippen LogP contribution in [0.3, 0.4) is 0 Å². The first-order valence-electron chi connectivity index (χ1n) is 8.76. The highest BCUT2D eigenvalue weighted by Crippen LogP contribution is 2.26. The number of carbonyl (C=O) groups excluding carboxylic acids is 1. The van der Waals surface area contributed by atoms with E-state index in [0.717, 1.165) is 27.1 Å². The van der Waals surface area contributed by atoms with Crippen LogP contribution >= 0.6 is 15.9 Å². The van der Waals surface area contributed by atoms with E-state index in [1.807, 2.05) is 36.4 Å². The first kappa shape index (κ1) is 18.2. The van der Waals surface area contributed by atoms with Gasteiger partial charge in [-0.3, -0.25) is 0 Å². The largest absolute Gasteiger partial charge is 0.360 e. The fourth-order valence-corrected chi connectivity index (χ4v) is 3.38. The summed E-state index contributed by atoms with van der Waals surface area (Å²) in [6.07, 6.45) is 5.58. The Morgan fingerprint density at radius 2 is 2.21 bits per heavy atom. The van der Waals surface area contributed by atoms with E-state index >= 15 is 0 Å². The van der Waals surface area contributed by atoms with Crippen LogP contribution in [0.1, 0.15) is 17.0 Å². The lowest BCUT2D eigenvalue weighted by atomic mass is 10.1. The highest BCUT2D eigenvalue weighted by Gasteiger charge is 2.24. The van der Waals surface area contributed by atoms with Crippen molar-refractivity contribution in [1.29, 1.82) is 0 Å². The number of hydrogen-bond acceptors (Lipinski definition) is 5. The zero-order valence-electron chi connectivity index (χ0n) is 14.9. The lowest BCUT2D eigenvalue weighted by Gasteiger charge is -2.28. The van der Waals surface area contributed by atoms with E-state index in [-0.39, 0.29) is 6.03 Å². The molecule has 0 saturated heterocycles. The molecule has 2 amide bonds. The molecule has 142 valence electrons. The third kappa shape index (κ3) is 4.20. The smallest absolute Gasteiger partial charge is 0.338 e. The lowest BCUT2D eigenvalue weighted by molar-refractivity contribution is 0.192. The van der Waals surface area contributed by atoms with Crippen molar-refractivity contribution in [3.05, 3.63) is 70.3 Å². The third-order valence-electron chi connectivity index (χ3n) is 4.36. The molecule has 0 bridgehead atoms. The summed E-state index contributed by atoms with van der Waals surface area (Å²) in [6, 6.07) is 11.3. The van der Waals surface area contributed by atoms with Crippen LogP contribution in [0.4, 0.5) is 16.3 Å². The fourth-order valence-electron chi connectivity index (χ4n) is 2.98. The summed E-state index contributed by atoms with van der Waals surface area (Å²) in [7, 11) is 0. The van der Waals surface area contributed by atoms with Gasteiger partial charge in [-0.1, -0.05) is 22.0 Å². The molecule has 0 fully saturated rings. The number of aromatic amines is 1. The number of rotatable bonds is 4. The number of aromatic nitrogens is 3. The van der Waals surface area contributed by atoms with Crippen LogP contribution < -0.4 is 10.7 Å². The van der Waals surface area contributed by atoms with Gasteiger partial charge >= 0.3 is 6.03 Å². The molecule has 0 atom stereocenters. The zero-order chi connectivity index (χ0) is 19.3. The molecule has 9 heteroatoms. The Morgan fingerprint density at radius 3 is 3.04 bits per heavy atom. The summed E-state index contributed by atoms with van der Waals surface area (Å²) in [5, 5.41) is 7.32. The number of hydrogen-bond donors (Lipinski definition) is 3. The molecule has 3 heterocycles. The Bertz CT molecular complexity index is 1000. The van der Waals surface area contributed by atoms with Crippen molar-refractivity contribution in [2.24, 2.45) is 5.10 Å². The molecular formula is C19H18BrN7O. The number of halogens is 1. The zero-order valence-corrected chi connectivity index (χ0v) is 16.5. The summed E-state index contributed by atoms with van der Waals surface area (Å²) < 4.78 is 0.973. The number of H-pyrrole nitrogens is 1. The van der Waals surface area contributed by atoms with Crippen molar-refractivity contribution < 1.29 is 4.79 Å². The van der Waals surface area contributed by atoms with Gasteiger partial charge in [0.2, 0.25) is 0 Å². The quantitative estimate of drug-likeness (QED) is 0.428. The minimum Gasteiger partial charge on any atom is -0.360 e. The van der Waals surface area contributed by atoms with E-state index in [0.29, 0.717) is 25.3 Å². The normalized spacial score (nSPS) is 13.4. The molecule has 2 aromatic heterocycles. The van der Waals surface area contributed by atoms with Crippen molar-refractivity contribution >= 4 is 39.7 Å². The Balaban J connectivity index is 1.47. The number of urea groups is 1. The predicted molar refractivity (Wildman–Crippen MR) is 110 cm³/mol. The van der Waals surface area contributed by atoms with Gasteiger partial charge in [-0.05, 0) is 30.3 Å². The molecule has 1 aliphatic heterocycles. The highest BCUT2D eigenvalue weighted by atomic mass is 79.9. The molecule has 0 saturated carbocycles. The van der Waals surface area contributed by atoms with Crippen LogP contribution in [-0.2, 0) is 13.0 Å². The molecule has 1 aliphatic rings. The molecule has 0 unspecified atom stereocenters. The second-order valence-corrected chi connectivity index (χ2v) is 7.17. The van der Waals surface area contributed by atoms with E-state index in [2.05, 4.69) is 46.7 Å². The van der Waals surface area contributed by atoms with Crippen molar-refractivity contribution in [2.75, 3.05) is 11.9 Å². The van der Waals surface area contributed by atoms with E-state index in [9.17, 15) is 4.79 Å². The van der Waals surface area contributed by atoms with Gasteiger partial charge in [0, 0.05) is 34.9 Å². The third-order valence-corrected chi connectivity index (χ3v) is 4.86. The van der Waals surface area contributed by atoms with Gasteiger partial charge in [0.1, 0.15) is 12.1 Å². The predicted octanol–water partition coefficient (Wildman–Crippen LogP) is 3.41. The maximum atomic E-state index is 12.5. The van der Waals surface area contributed by atoms with E-state index < -0.39 is 0 Å². The minimum absolute atomic E-state index is 0.259. The number of anilines is 2. The molecule has 3 N–H and O–H groups in total. The minimum atomic E-state index is -0.259. The topological polar surface area (TPSA) is 98.3 Å². The van der Waals surface area contributed by atoms with E-state index in [1.54, 1.807) is 23.6 Å². The summed E-state index contributed by atoms with van der Waals surface area (Å²) in [5.74, 6) is 0.704. The summed E-state index contributed by atoms with van der Waals surface area (Å²) in [6.45, 7) is 0.987.